The molecule has 0 spiro atoms. The quantitative estimate of drug-likeness (QED) is 0.533. The van der Waals surface area contributed by atoms with Crippen LogP contribution >= 0.6 is 11.5 Å². The summed E-state index contributed by atoms with van der Waals surface area (Å²) in [6.45, 7) is 3.66. The van der Waals surface area contributed by atoms with Crippen molar-refractivity contribution in [3.05, 3.63) is 76.0 Å². The van der Waals surface area contributed by atoms with Gasteiger partial charge in [0.25, 0.3) is 5.91 Å². The Bertz CT molecular complexity index is 1160. The summed E-state index contributed by atoms with van der Waals surface area (Å²) < 4.78 is 9.59. The van der Waals surface area contributed by atoms with Crippen LogP contribution in [0.2, 0.25) is 0 Å². The number of para-hydroxylation sites is 1. The number of hydrogen-bond donors (Lipinski definition) is 1. The molecule has 0 aliphatic rings. The van der Waals surface area contributed by atoms with Gasteiger partial charge in [0.05, 0.1) is 11.4 Å². The highest BCUT2D eigenvalue weighted by Gasteiger charge is 2.24. The first kappa shape index (κ1) is 17.1. The van der Waals surface area contributed by atoms with Gasteiger partial charge in [-0.15, -0.1) is 5.10 Å². The zero-order valence-corrected chi connectivity index (χ0v) is 15.5. The van der Waals surface area contributed by atoms with Gasteiger partial charge in [0.1, 0.15) is 10.5 Å². The molecule has 0 fully saturated rings. The molecule has 0 unspecified atom stereocenters. The minimum Gasteiger partial charge on any atom is -0.450 e. The number of aromatic nitrogens is 2. The Balaban J connectivity index is 1.80. The average molecular weight is 377 g/mol. The van der Waals surface area contributed by atoms with Gasteiger partial charge >= 0.3 is 0 Å². The van der Waals surface area contributed by atoms with Gasteiger partial charge in [0.15, 0.2) is 5.76 Å². The van der Waals surface area contributed by atoms with Crippen LogP contribution in [-0.2, 0) is 0 Å². The van der Waals surface area contributed by atoms with E-state index in [1.807, 2.05) is 31.2 Å². The molecule has 134 valence electrons. The summed E-state index contributed by atoms with van der Waals surface area (Å²) in [7, 11) is 0. The largest absolute Gasteiger partial charge is 0.450 e. The van der Waals surface area contributed by atoms with Gasteiger partial charge in [-0.25, -0.2) is 0 Å². The van der Waals surface area contributed by atoms with E-state index in [9.17, 15) is 9.59 Å². The second-order valence-corrected chi connectivity index (χ2v) is 6.89. The number of carbonyl (C=O) groups excluding carboxylic acids is 2. The fourth-order valence-electron chi connectivity index (χ4n) is 2.78. The molecule has 4 aromatic rings. The van der Waals surface area contributed by atoms with Crippen LogP contribution < -0.4 is 5.32 Å². The highest BCUT2D eigenvalue weighted by molar-refractivity contribution is 7.08. The maximum Gasteiger partial charge on any atom is 0.269 e. The number of rotatable bonds is 4. The predicted octanol–water partition coefficient (Wildman–Crippen LogP) is 4.38. The lowest BCUT2D eigenvalue weighted by Crippen LogP contribution is -2.14. The number of carbonyl (C=O) groups is 2. The molecular formula is C20H15N3O3S. The van der Waals surface area contributed by atoms with Crippen molar-refractivity contribution in [3.63, 3.8) is 0 Å². The van der Waals surface area contributed by atoms with Crippen molar-refractivity contribution < 1.29 is 14.0 Å². The van der Waals surface area contributed by atoms with Crippen LogP contribution in [-0.4, -0.2) is 21.3 Å². The summed E-state index contributed by atoms with van der Waals surface area (Å²) in [6.07, 6.45) is 0. The number of ketones is 1. The molecule has 2 aromatic heterocycles. The topological polar surface area (TPSA) is 85.1 Å². The fraction of sp³-hybridized carbons (Fsp3) is 0.100. The Morgan fingerprint density at radius 1 is 1.04 bits per heavy atom. The third-order valence-corrected chi connectivity index (χ3v) is 5.04. The summed E-state index contributed by atoms with van der Waals surface area (Å²) in [5.74, 6) is -0.559. The monoisotopic (exact) mass is 377 g/mol. The number of fused-ring (bicyclic) bond motifs is 1. The van der Waals surface area contributed by atoms with Crippen molar-refractivity contribution >= 4 is 39.9 Å². The number of hydrogen-bond acceptors (Lipinski definition) is 6. The van der Waals surface area contributed by atoms with Crippen molar-refractivity contribution in [1.82, 2.24) is 9.59 Å². The van der Waals surface area contributed by atoms with Gasteiger partial charge in [-0.1, -0.05) is 46.4 Å². The van der Waals surface area contributed by atoms with Crippen molar-refractivity contribution in [1.29, 1.82) is 0 Å². The molecule has 0 saturated carbocycles. The maximum absolute atomic E-state index is 13.0. The van der Waals surface area contributed by atoms with Crippen molar-refractivity contribution in [2.45, 2.75) is 13.8 Å². The van der Waals surface area contributed by atoms with E-state index < -0.39 is 0 Å². The number of aryl methyl sites for hydroxylation is 2. The van der Waals surface area contributed by atoms with Crippen LogP contribution in [0.4, 0.5) is 5.69 Å². The smallest absolute Gasteiger partial charge is 0.269 e. The second-order valence-electron chi connectivity index (χ2n) is 6.14. The third kappa shape index (κ3) is 3.13. The Labute approximate surface area is 159 Å². The van der Waals surface area contributed by atoms with Gasteiger partial charge < -0.3 is 9.73 Å². The first-order valence-electron chi connectivity index (χ1n) is 8.28. The molecule has 27 heavy (non-hydrogen) atoms. The molecule has 1 amide bonds. The molecule has 0 atom stereocenters. The number of nitrogens with one attached hydrogen (secondary N) is 1. The fourth-order valence-corrected chi connectivity index (χ4v) is 3.33. The van der Waals surface area contributed by atoms with E-state index in [1.165, 1.54) is 0 Å². The van der Waals surface area contributed by atoms with E-state index >= 15 is 0 Å². The number of benzene rings is 2. The second kappa shape index (κ2) is 6.77. The van der Waals surface area contributed by atoms with Gasteiger partial charge in [0, 0.05) is 10.9 Å². The van der Waals surface area contributed by atoms with Crippen LogP contribution in [0, 0.1) is 13.8 Å². The molecule has 6 nitrogen and oxygen atoms in total. The lowest BCUT2D eigenvalue weighted by atomic mass is 10.1. The first-order valence-corrected chi connectivity index (χ1v) is 9.05. The van der Waals surface area contributed by atoms with Crippen molar-refractivity contribution in [2.24, 2.45) is 0 Å². The highest BCUT2D eigenvalue weighted by atomic mass is 32.1. The SMILES string of the molecule is Cc1ccc(C(=O)c2oc3ccccc3c2NC(=O)c2snnc2C)cc1. The minimum absolute atomic E-state index is 0.100. The molecule has 1 N–H and O–H groups in total. The standard InChI is InChI=1S/C20H15N3O3S/c1-11-7-9-13(10-8-11)17(24)18-16(14-5-3-4-6-15(14)26-18)21-20(25)19-12(2)22-23-27-19/h3-10H,1-2H3,(H,21,25). The van der Waals surface area contributed by atoms with E-state index in [-0.39, 0.29) is 17.5 Å². The third-order valence-electron chi connectivity index (χ3n) is 4.21. The van der Waals surface area contributed by atoms with Crippen molar-refractivity contribution in [3.8, 4) is 0 Å². The molecule has 7 heteroatoms. The van der Waals surface area contributed by atoms with E-state index in [2.05, 4.69) is 14.9 Å². The van der Waals surface area contributed by atoms with Gasteiger partial charge in [-0.3, -0.25) is 9.59 Å². The van der Waals surface area contributed by atoms with E-state index in [1.54, 1.807) is 31.2 Å². The Hall–Kier alpha value is -3.32. The molecule has 0 bridgehead atoms. The maximum atomic E-state index is 13.0. The lowest BCUT2D eigenvalue weighted by Gasteiger charge is -2.05. The summed E-state index contributed by atoms with van der Waals surface area (Å²) in [5, 5.41) is 7.34. The Kier molecular flexibility index (Phi) is 4.29. The Morgan fingerprint density at radius 3 is 2.48 bits per heavy atom. The molecule has 2 heterocycles. The van der Waals surface area contributed by atoms with Crippen molar-refractivity contribution in [2.75, 3.05) is 5.32 Å². The molecule has 0 aliphatic carbocycles. The summed E-state index contributed by atoms with van der Waals surface area (Å²) in [5.41, 5.74) is 2.97. The number of anilines is 1. The number of furan rings is 1. The highest BCUT2D eigenvalue weighted by Crippen LogP contribution is 2.33. The zero-order chi connectivity index (χ0) is 19.0. The average Bonchev–Trinajstić information content (AvgIpc) is 3.26. The first-order chi connectivity index (χ1) is 13.0. The molecule has 0 aliphatic heterocycles. The zero-order valence-electron chi connectivity index (χ0n) is 14.6. The van der Waals surface area contributed by atoms with Crippen LogP contribution in [0.5, 0.6) is 0 Å². The normalized spacial score (nSPS) is 10.9. The molecule has 0 saturated heterocycles. The predicted molar refractivity (Wildman–Crippen MR) is 103 cm³/mol. The van der Waals surface area contributed by atoms with E-state index in [0.29, 0.717) is 32.8 Å². The van der Waals surface area contributed by atoms with E-state index in [4.69, 9.17) is 4.42 Å². The van der Waals surface area contributed by atoms with Gasteiger partial charge in [-0.05, 0) is 37.5 Å². The summed E-state index contributed by atoms with van der Waals surface area (Å²) >= 11 is 1.01. The van der Waals surface area contributed by atoms with Crippen LogP contribution in [0.3, 0.4) is 0 Å². The number of nitrogens with zero attached hydrogens (tertiary/aromatic N) is 2. The molecule has 0 radical (unpaired) electrons. The molecular weight excluding hydrogens is 362 g/mol. The van der Waals surface area contributed by atoms with Crippen LogP contribution in [0.15, 0.2) is 52.9 Å². The molecule has 4 rings (SSSR count). The minimum atomic E-state index is -0.369. The van der Waals surface area contributed by atoms with Crippen LogP contribution in [0.25, 0.3) is 11.0 Å². The number of amides is 1. The Morgan fingerprint density at radius 2 is 1.78 bits per heavy atom. The summed E-state index contributed by atoms with van der Waals surface area (Å²) in [4.78, 5) is 26.1. The van der Waals surface area contributed by atoms with Gasteiger partial charge in [-0.2, -0.15) is 0 Å². The van der Waals surface area contributed by atoms with Gasteiger partial charge in [0.2, 0.25) is 5.78 Å². The molecule has 2 aromatic carbocycles. The van der Waals surface area contributed by atoms with Crippen LogP contribution in [0.1, 0.15) is 37.0 Å². The van der Waals surface area contributed by atoms with E-state index in [0.717, 1.165) is 17.1 Å². The summed E-state index contributed by atoms with van der Waals surface area (Å²) in [6, 6.07) is 14.4. The lowest BCUT2D eigenvalue weighted by molar-refractivity contribution is 0.101.